The van der Waals surface area contributed by atoms with Crippen molar-refractivity contribution in [1.82, 2.24) is 0 Å². The average molecular weight is 692 g/mol. The van der Waals surface area contributed by atoms with E-state index in [9.17, 15) is 18.8 Å². The molecule has 1 aliphatic rings. The summed E-state index contributed by atoms with van der Waals surface area (Å²) in [7, 11) is 9.95. The van der Waals surface area contributed by atoms with Gasteiger partial charge in [-0.15, -0.1) is 0 Å². The van der Waals surface area contributed by atoms with Crippen LogP contribution in [0.3, 0.4) is 0 Å². The number of methoxy groups -OCH3 is 7. The van der Waals surface area contributed by atoms with Crippen LogP contribution in [0.4, 0.5) is 10.1 Å². The van der Waals surface area contributed by atoms with Crippen molar-refractivity contribution in [2.75, 3.05) is 55.1 Å². The molecule has 0 saturated heterocycles. The van der Waals surface area contributed by atoms with Crippen molar-refractivity contribution in [3.05, 3.63) is 88.7 Å². The van der Waals surface area contributed by atoms with E-state index >= 15 is 0 Å². The second-order valence-electron chi connectivity index (χ2n) is 10.6. The van der Waals surface area contributed by atoms with E-state index in [-0.39, 0.29) is 56.9 Å². The number of ether oxygens (including phenoxy) is 9. The van der Waals surface area contributed by atoms with E-state index in [0.717, 1.165) is 18.2 Å². The largest absolute Gasteiger partial charge is 0.496 e. The van der Waals surface area contributed by atoms with Crippen molar-refractivity contribution in [1.29, 1.82) is 0 Å². The van der Waals surface area contributed by atoms with Gasteiger partial charge in [0.1, 0.15) is 28.6 Å². The molecule has 0 fully saturated rings. The maximum Gasteiger partial charge on any atom is 0.339 e. The van der Waals surface area contributed by atoms with Crippen LogP contribution in [0.5, 0.6) is 46.0 Å². The lowest BCUT2D eigenvalue weighted by molar-refractivity contribution is -0.0102. The monoisotopic (exact) mass is 691 g/mol. The number of Topliss-reactive ketones (excluding diaryl/α,β-unsaturated/α-hetero) is 1. The van der Waals surface area contributed by atoms with Crippen LogP contribution in [0.25, 0.3) is 0 Å². The number of esters is 1. The Morgan fingerprint density at radius 1 is 0.680 bits per heavy atom. The minimum atomic E-state index is -1.59. The minimum Gasteiger partial charge on any atom is -0.496 e. The third kappa shape index (κ3) is 6.72. The summed E-state index contributed by atoms with van der Waals surface area (Å²) in [5.41, 5.74) is -0.00191. The molecule has 0 spiro atoms. The van der Waals surface area contributed by atoms with Crippen molar-refractivity contribution in [3.63, 3.8) is 0 Å². The van der Waals surface area contributed by atoms with E-state index in [1.807, 2.05) is 0 Å². The molecular formula is C36H34FNO12. The van der Waals surface area contributed by atoms with Crippen molar-refractivity contribution in [2.45, 2.75) is 12.2 Å². The third-order valence-corrected chi connectivity index (χ3v) is 7.87. The van der Waals surface area contributed by atoms with Crippen molar-refractivity contribution >= 4 is 23.3 Å². The Morgan fingerprint density at radius 2 is 1.32 bits per heavy atom. The van der Waals surface area contributed by atoms with Gasteiger partial charge >= 0.3 is 5.97 Å². The van der Waals surface area contributed by atoms with Crippen LogP contribution in [-0.2, 0) is 4.74 Å². The molecule has 0 unspecified atom stereocenters. The summed E-state index contributed by atoms with van der Waals surface area (Å²) < 4.78 is 64.8. The highest BCUT2D eigenvalue weighted by molar-refractivity contribution is 6.08. The number of rotatable bonds is 12. The number of halogens is 1. The molecule has 0 aliphatic carbocycles. The van der Waals surface area contributed by atoms with Crippen molar-refractivity contribution in [3.8, 4) is 46.0 Å². The van der Waals surface area contributed by atoms with Crippen LogP contribution in [0.15, 0.2) is 60.7 Å². The summed E-state index contributed by atoms with van der Waals surface area (Å²) in [4.78, 5) is 41.0. The first-order valence-corrected chi connectivity index (χ1v) is 14.9. The predicted octanol–water partition coefficient (Wildman–Crippen LogP) is 5.68. The summed E-state index contributed by atoms with van der Waals surface area (Å²) in [6, 6.07) is 13.8. The van der Waals surface area contributed by atoms with Gasteiger partial charge in [-0.3, -0.25) is 9.59 Å². The van der Waals surface area contributed by atoms with E-state index in [1.54, 1.807) is 12.1 Å². The molecule has 1 heterocycles. The SMILES string of the molecule is COc1cc(OC)c2c(c1)O[C@H](c1cc(OC)c(OC)c(OC)c1)[C@@H](OC(=O)c1ccc(F)c(NC(=O)c3ccc(OC)c(OC)c3)c1)C2=O. The molecule has 13 nitrogen and oxygen atoms in total. The molecule has 0 radical (unpaired) electrons. The van der Waals surface area contributed by atoms with Gasteiger partial charge in [-0.25, -0.2) is 9.18 Å². The average Bonchev–Trinajstić information content (AvgIpc) is 3.14. The van der Waals surface area contributed by atoms with E-state index < -0.39 is 35.7 Å². The van der Waals surface area contributed by atoms with Gasteiger partial charge in [0, 0.05) is 23.3 Å². The molecule has 1 N–H and O–H groups in total. The highest BCUT2D eigenvalue weighted by atomic mass is 19.1. The Balaban J connectivity index is 1.52. The molecule has 14 heteroatoms. The summed E-state index contributed by atoms with van der Waals surface area (Å²) in [6.07, 6.45) is -2.83. The van der Waals surface area contributed by atoms with Gasteiger partial charge in [-0.05, 0) is 48.5 Å². The Morgan fingerprint density at radius 3 is 1.92 bits per heavy atom. The molecule has 0 bridgehead atoms. The second-order valence-corrected chi connectivity index (χ2v) is 10.6. The third-order valence-electron chi connectivity index (χ3n) is 7.87. The normalized spacial score (nSPS) is 14.8. The van der Waals surface area contributed by atoms with Crippen molar-refractivity contribution < 1.29 is 61.4 Å². The standard InChI is InChI=1S/C36H34FNO12/c1-42-21-16-26(45-4)30-27(17-21)49-32(20-14-28(46-5)33(48-7)29(15-20)47-6)34(31(30)39)50-36(41)19-8-10-22(37)23(12-19)38-35(40)18-9-11-24(43-2)25(13-18)44-3/h8-17,32,34H,1-7H3,(H,38,40)/t32-,34+/m1/s1. The van der Waals surface area contributed by atoms with Gasteiger partial charge in [0.2, 0.25) is 17.6 Å². The van der Waals surface area contributed by atoms with E-state index in [1.165, 1.54) is 80.1 Å². The predicted molar refractivity (Wildman–Crippen MR) is 176 cm³/mol. The molecule has 262 valence electrons. The van der Waals surface area contributed by atoms with Crippen molar-refractivity contribution in [2.24, 2.45) is 0 Å². The summed E-state index contributed by atoms with van der Waals surface area (Å²) in [5.74, 6) is -1.12. The molecule has 50 heavy (non-hydrogen) atoms. The molecule has 5 rings (SSSR count). The number of anilines is 1. The number of hydrogen-bond donors (Lipinski definition) is 1. The molecule has 2 atom stereocenters. The number of benzene rings is 4. The van der Waals surface area contributed by atoms with Crippen LogP contribution in [-0.4, -0.2) is 73.5 Å². The zero-order valence-electron chi connectivity index (χ0n) is 28.2. The fraction of sp³-hybridized carbons (Fsp3) is 0.250. The lowest BCUT2D eigenvalue weighted by Gasteiger charge is -2.33. The summed E-state index contributed by atoms with van der Waals surface area (Å²) in [6.45, 7) is 0. The molecule has 1 aliphatic heterocycles. The van der Waals surface area contributed by atoms with Crippen LogP contribution in [0.1, 0.15) is 42.7 Å². The number of carbonyl (C=O) groups is 3. The van der Waals surface area contributed by atoms with Gasteiger partial charge in [0.15, 0.2) is 29.1 Å². The highest BCUT2D eigenvalue weighted by Gasteiger charge is 2.44. The quantitative estimate of drug-likeness (QED) is 0.182. The van der Waals surface area contributed by atoms with E-state index in [0.29, 0.717) is 17.1 Å². The minimum absolute atomic E-state index is 0.0109. The number of ketones is 1. The fourth-order valence-corrected chi connectivity index (χ4v) is 5.39. The zero-order valence-corrected chi connectivity index (χ0v) is 28.2. The molecule has 0 saturated carbocycles. The molecule has 1 amide bonds. The summed E-state index contributed by atoms with van der Waals surface area (Å²) in [5, 5.41) is 2.45. The number of hydrogen-bond acceptors (Lipinski definition) is 12. The van der Waals surface area contributed by atoms with Gasteiger partial charge in [-0.2, -0.15) is 0 Å². The van der Waals surface area contributed by atoms with Gasteiger partial charge in [0.25, 0.3) is 5.91 Å². The number of carbonyl (C=O) groups excluding carboxylic acids is 3. The zero-order chi connectivity index (χ0) is 36.1. The molecule has 4 aromatic carbocycles. The van der Waals surface area contributed by atoms with Crippen LogP contribution in [0, 0.1) is 5.82 Å². The topological polar surface area (TPSA) is 146 Å². The number of nitrogens with one attached hydrogen (secondary N) is 1. The van der Waals surface area contributed by atoms with E-state index in [2.05, 4.69) is 5.32 Å². The number of amides is 1. The maximum atomic E-state index is 14.9. The fourth-order valence-electron chi connectivity index (χ4n) is 5.39. The molecule has 4 aromatic rings. The van der Waals surface area contributed by atoms with Gasteiger partial charge in [0.05, 0.1) is 61.0 Å². The Bertz CT molecular complexity index is 1920. The smallest absolute Gasteiger partial charge is 0.339 e. The van der Waals surface area contributed by atoms with Crippen LogP contribution in [0.2, 0.25) is 0 Å². The maximum absolute atomic E-state index is 14.9. The lowest BCUT2D eigenvalue weighted by atomic mass is 9.92. The van der Waals surface area contributed by atoms with E-state index in [4.69, 9.17) is 42.6 Å². The highest BCUT2D eigenvalue weighted by Crippen LogP contribution is 2.47. The lowest BCUT2D eigenvalue weighted by Crippen LogP contribution is -2.40. The number of fused-ring (bicyclic) bond motifs is 1. The Labute approximate surface area is 286 Å². The second kappa shape index (κ2) is 14.9. The first-order valence-electron chi connectivity index (χ1n) is 14.9. The van der Waals surface area contributed by atoms with Gasteiger partial charge < -0.3 is 47.9 Å². The Hall–Kier alpha value is -6.18. The van der Waals surface area contributed by atoms with Crippen LogP contribution >= 0.6 is 0 Å². The molecular weight excluding hydrogens is 657 g/mol. The Kier molecular flexibility index (Phi) is 10.5. The van der Waals surface area contributed by atoms with Crippen LogP contribution < -0.4 is 43.2 Å². The molecule has 0 aromatic heterocycles. The first kappa shape index (κ1) is 35.1. The first-order chi connectivity index (χ1) is 24.1. The summed E-state index contributed by atoms with van der Waals surface area (Å²) >= 11 is 0. The van der Waals surface area contributed by atoms with Gasteiger partial charge in [-0.1, -0.05) is 0 Å².